The molecule has 5 nitrogen and oxygen atoms in total. The largest absolute Gasteiger partial charge is 0.341 e. The molecule has 41 heavy (non-hydrogen) atoms. The molecule has 0 bridgehead atoms. The van der Waals surface area contributed by atoms with Crippen molar-refractivity contribution in [2.24, 2.45) is 5.73 Å². The molecule has 212 valence electrons. The fourth-order valence-electron chi connectivity index (χ4n) is 6.02. The van der Waals surface area contributed by atoms with Gasteiger partial charge in [-0.15, -0.1) is 0 Å². The van der Waals surface area contributed by atoms with E-state index >= 15 is 0 Å². The summed E-state index contributed by atoms with van der Waals surface area (Å²) in [4.78, 5) is 19.3. The highest BCUT2D eigenvalue weighted by Crippen LogP contribution is 2.42. The van der Waals surface area contributed by atoms with E-state index < -0.39 is 17.7 Å². The molecule has 2 N–H and O–H groups in total. The molecule has 0 aliphatic carbocycles. The minimum atomic E-state index is -1.62. The minimum absolute atomic E-state index is 0.145. The van der Waals surface area contributed by atoms with Gasteiger partial charge in [-0.25, -0.2) is 4.98 Å². The molecule has 0 radical (unpaired) electrons. The maximum absolute atomic E-state index is 12.9. The van der Waals surface area contributed by atoms with E-state index in [2.05, 4.69) is 84.3 Å². The third-order valence-electron chi connectivity index (χ3n) is 8.24. The Hall–Kier alpha value is -4.10. The Labute approximate surface area is 240 Å². The summed E-state index contributed by atoms with van der Waals surface area (Å²) in [6, 6.07) is 30.8. The van der Waals surface area contributed by atoms with Crippen LogP contribution in [0.5, 0.6) is 0 Å². The third kappa shape index (κ3) is 5.72. The van der Waals surface area contributed by atoms with Crippen molar-refractivity contribution >= 4 is 5.91 Å². The zero-order chi connectivity index (χ0) is 28.8. The van der Waals surface area contributed by atoms with Gasteiger partial charge in [0.15, 0.2) is 0 Å². The van der Waals surface area contributed by atoms with E-state index in [0.29, 0.717) is 32.4 Å². The minimum Gasteiger partial charge on any atom is -0.341 e. The van der Waals surface area contributed by atoms with Gasteiger partial charge in [-0.3, -0.25) is 4.79 Å². The van der Waals surface area contributed by atoms with Crippen LogP contribution in [0.2, 0.25) is 0 Å². The summed E-state index contributed by atoms with van der Waals surface area (Å²) in [5.74, 6) is -0.165. The molecule has 2 heterocycles. The number of halogens is 2. The fraction of sp³-hybridized carbons (Fsp3) is 0.294. The van der Waals surface area contributed by atoms with Crippen LogP contribution in [0.4, 0.5) is 8.78 Å². The maximum Gasteiger partial charge on any atom is 0.269 e. The number of rotatable bonds is 9. The molecule has 3 aromatic carbocycles. The zero-order valence-electron chi connectivity index (χ0n) is 23.3. The van der Waals surface area contributed by atoms with Crippen LogP contribution in [0.1, 0.15) is 53.8 Å². The Morgan fingerprint density at radius 1 is 0.878 bits per heavy atom. The van der Waals surface area contributed by atoms with E-state index in [0.717, 1.165) is 28.1 Å². The number of nitrogens with two attached hydrogens (primary N) is 1. The lowest BCUT2D eigenvalue weighted by molar-refractivity contribution is -0.133. The Kier molecular flexibility index (Phi) is 8.74. The monoisotopic (exact) mass is 554 g/mol. The highest BCUT2D eigenvalue weighted by Gasteiger charge is 2.39. The summed E-state index contributed by atoms with van der Waals surface area (Å²) in [6.45, 7) is 2.69. The van der Waals surface area contributed by atoms with E-state index in [-0.39, 0.29) is 24.3 Å². The van der Waals surface area contributed by atoms with Crippen molar-refractivity contribution in [1.82, 2.24) is 14.5 Å². The Morgan fingerprint density at radius 2 is 1.37 bits per heavy atom. The van der Waals surface area contributed by atoms with Crippen molar-refractivity contribution in [1.29, 1.82) is 0 Å². The van der Waals surface area contributed by atoms with Gasteiger partial charge in [0, 0.05) is 18.8 Å². The van der Waals surface area contributed by atoms with Gasteiger partial charge in [0.25, 0.3) is 6.08 Å². The first kappa shape index (κ1) is 28.4. The molecular formula is C34H36F2N4O. The summed E-state index contributed by atoms with van der Waals surface area (Å²) in [7, 11) is 0. The van der Waals surface area contributed by atoms with Gasteiger partial charge < -0.3 is 15.2 Å². The number of benzene rings is 3. The SMILES string of the molecule is Cc1c(CCCC(N)C(=O)N2CCC(=C(F)F)CC2)ncn1C(c1ccccc1)(c1ccccc1)c1ccccc1. The second kappa shape index (κ2) is 12.6. The number of carbonyl (C=O) groups is 1. The standard InChI is InChI=1S/C34H36F2N4O/c1-25-31(19-11-18-30(37)33(41)39-22-20-26(21-23-39)32(35)36)38-24-40(25)34(27-12-5-2-6-13-27,28-14-7-3-8-15-28)29-16-9-4-10-17-29/h2-10,12-17,24,30H,11,18-23,37H2,1H3. The van der Waals surface area contributed by atoms with Gasteiger partial charge in [-0.1, -0.05) is 91.0 Å². The predicted octanol–water partition coefficient (Wildman–Crippen LogP) is 6.45. The lowest BCUT2D eigenvalue weighted by atomic mass is 9.76. The number of likely N-dealkylation sites (tertiary alicyclic amines) is 1. The van der Waals surface area contributed by atoms with Gasteiger partial charge in [0.1, 0.15) is 5.54 Å². The van der Waals surface area contributed by atoms with Gasteiger partial charge in [0.2, 0.25) is 5.91 Å². The number of piperidine rings is 1. The predicted molar refractivity (Wildman–Crippen MR) is 158 cm³/mol. The van der Waals surface area contributed by atoms with Crippen LogP contribution in [0.3, 0.4) is 0 Å². The Balaban J connectivity index is 1.39. The number of hydrogen-bond acceptors (Lipinski definition) is 3. The number of nitrogens with zero attached hydrogens (tertiary/aromatic N) is 3. The van der Waals surface area contributed by atoms with Crippen molar-refractivity contribution < 1.29 is 13.6 Å². The highest BCUT2D eigenvalue weighted by atomic mass is 19.3. The number of aromatic nitrogens is 2. The van der Waals surface area contributed by atoms with E-state index in [1.165, 1.54) is 0 Å². The smallest absolute Gasteiger partial charge is 0.269 e. The number of aryl methyl sites for hydroxylation is 1. The summed E-state index contributed by atoms with van der Waals surface area (Å²) in [5, 5.41) is 0. The summed E-state index contributed by atoms with van der Waals surface area (Å²) >= 11 is 0. The molecule has 0 saturated carbocycles. The second-order valence-corrected chi connectivity index (χ2v) is 10.6. The summed E-state index contributed by atoms with van der Waals surface area (Å²) in [5.41, 5.74) is 11.2. The van der Waals surface area contributed by atoms with Gasteiger partial charge >= 0.3 is 0 Å². The average molecular weight is 555 g/mol. The van der Waals surface area contributed by atoms with Crippen molar-refractivity contribution in [2.45, 2.75) is 50.6 Å². The number of hydrogen-bond donors (Lipinski definition) is 1. The quantitative estimate of drug-likeness (QED) is 0.242. The van der Waals surface area contributed by atoms with Gasteiger partial charge in [0.05, 0.1) is 18.1 Å². The molecule has 1 aromatic heterocycles. The summed E-state index contributed by atoms with van der Waals surface area (Å²) < 4.78 is 28.0. The third-order valence-corrected chi connectivity index (χ3v) is 8.24. The molecule has 1 aliphatic rings. The van der Waals surface area contributed by atoms with Crippen LogP contribution in [-0.2, 0) is 16.8 Å². The Morgan fingerprint density at radius 3 is 1.83 bits per heavy atom. The van der Waals surface area contributed by atoms with Crippen LogP contribution >= 0.6 is 0 Å². The first-order valence-corrected chi connectivity index (χ1v) is 14.2. The van der Waals surface area contributed by atoms with Gasteiger partial charge in [-0.05, 0) is 61.3 Å². The lowest BCUT2D eigenvalue weighted by Crippen LogP contribution is -2.46. The van der Waals surface area contributed by atoms with Crippen LogP contribution in [-0.4, -0.2) is 39.5 Å². The van der Waals surface area contributed by atoms with Crippen LogP contribution < -0.4 is 5.73 Å². The highest BCUT2D eigenvalue weighted by molar-refractivity contribution is 5.81. The topological polar surface area (TPSA) is 64.2 Å². The van der Waals surface area contributed by atoms with Crippen LogP contribution in [0.15, 0.2) is 109 Å². The summed E-state index contributed by atoms with van der Waals surface area (Å²) in [6.07, 6.45) is 2.60. The van der Waals surface area contributed by atoms with E-state index in [4.69, 9.17) is 10.7 Å². The van der Waals surface area contributed by atoms with Crippen molar-refractivity contribution in [2.75, 3.05) is 13.1 Å². The van der Waals surface area contributed by atoms with Crippen LogP contribution in [0.25, 0.3) is 0 Å². The molecule has 1 atom stereocenters. The van der Waals surface area contributed by atoms with E-state index in [1.807, 2.05) is 24.5 Å². The molecule has 1 fully saturated rings. The number of imidazole rings is 1. The molecule has 5 rings (SSSR count). The van der Waals surface area contributed by atoms with Crippen LogP contribution in [0, 0.1) is 6.92 Å². The zero-order valence-corrected chi connectivity index (χ0v) is 23.3. The normalized spacial score (nSPS) is 14.6. The first-order valence-electron chi connectivity index (χ1n) is 14.2. The molecule has 4 aromatic rings. The van der Waals surface area contributed by atoms with Crippen molar-refractivity contribution in [3.05, 3.63) is 137 Å². The van der Waals surface area contributed by atoms with E-state index in [9.17, 15) is 13.6 Å². The molecule has 0 spiro atoms. The molecule has 1 unspecified atom stereocenters. The first-order chi connectivity index (χ1) is 19.9. The molecular weight excluding hydrogens is 518 g/mol. The van der Waals surface area contributed by atoms with Crippen molar-refractivity contribution in [3.8, 4) is 0 Å². The van der Waals surface area contributed by atoms with Crippen molar-refractivity contribution in [3.63, 3.8) is 0 Å². The average Bonchev–Trinajstić information content (AvgIpc) is 3.38. The molecule has 1 amide bonds. The Bertz CT molecular complexity index is 1370. The molecule has 7 heteroatoms. The molecule has 1 aliphatic heterocycles. The maximum atomic E-state index is 12.9. The van der Waals surface area contributed by atoms with E-state index in [1.54, 1.807) is 4.90 Å². The fourth-order valence-corrected chi connectivity index (χ4v) is 6.02. The molecule has 1 saturated heterocycles. The lowest BCUT2D eigenvalue weighted by Gasteiger charge is -2.38. The number of carbonyl (C=O) groups excluding carboxylic acids is 1. The second-order valence-electron chi connectivity index (χ2n) is 10.6. The number of amides is 1. The van der Waals surface area contributed by atoms with Gasteiger partial charge in [-0.2, -0.15) is 8.78 Å².